The van der Waals surface area contributed by atoms with E-state index in [1.54, 1.807) is 42.5 Å². The maximum absolute atomic E-state index is 12.9. The molecule has 2 amide bonds. The lowest BCUT2D eigenvalue weighted by Crippen LogP contribution is -2.49. The molecule has 2 aromatic carbocycles. The summed E-state index contributed by atoms with van der Waals surface area (Å²) in [6, 6.07) is 13.2. The van der Waals surface area contributed by atoms with Gasteiger partial charge in [0, 0.05) is 19.2 Å². The first-order valence-electron chi connectivity index (χ1n) is 10.1. The molecular formula is C22H23N3O6S. The van der Waals surface area contributed by atoms with E-state index in [0.29, 0.717) is 43.3 Å². The highest BCUT2D eigenvalue weighted by Crippen LogP contribution is 2.33. The number of morpholine rings is 1. The third-order valence-electron chi connectivity index (χ3n) is 5.26. The molecule has 9 nitrogen and oxygen atoms in total. The lowest BCUT2D eigenvalue weighted by atomic mass is 10.1. The van der Waals surface area contributed by atoms with E-state index in [0.717, 1.165) is 0 Å². The molecule has 1 saturated heterocycles. The average Bonchev–Trinajstić information content (AvgIpc) is 2.82. The maximum atomic E-state index is 12.9. The van der Waals surface area contributed by atoms with Crippen molar-refractivity contribution in [1.29, 1.82) is 0 Å². The average molecular weight is 458 g/mol. The number of primary amides is 1. The standard InChI is InChI=1S/C22H23N3O6S/c23-22(27)20-15-25(18-3-1-2-4-19(18)31-20)21(26)10-7-16-5-8-17(9-6-16)32(28,29)24-11-13-30-14-12-24/h1-10,20H,11-15H2,(H2,23,27). The van der Waals surface area contributed by atoms with Crippen LogP contribution in [-0.2, 0) is 24.3 Å². The Morgan fingerprint density at radius 1 is 1.03 bits per heavy atom. The zero-order valence-electron chi connectivity index (χ0n) is 17.2. The fourth-order valence-corrected chi connectivity index (χ4v) is 4.94. The van der Waals surface area contributed by atoms with Gasteiger partial charge < -0.3 is 20.1 Å². The summed E-state index contributed by atoms with van der Waals surface area (Å²) in [7, 11) is -3.58. The molecule has 2 aliphatic heterocycles. The predicted molar refractivity (Wildman–Crippen MR) is 117 cm³/mol. The Bertz CT molecular complexity index is 1140. The number of sulfonamides is 1. The van der Waals surface area contributed by atoms with Crippen LogP contribution >= 0.6 is 0 Å². The molecule has 0 bridgehead atoms. The monoisotopic (exact) mass is 457 g/mol. The van der Waals surface area contributed by atoms with Crippen molar-refractivity contribution in [2.24, 2.45) is 5.73 Å². The molecule has 0 aliphatic carbocycles. The summed E-state index contributed by atoms with van der Waals surface area (Å²) in [5.41, 5.74) is 6.58. The Balaban J connectivity index is 1.49. The van der Waals surface area contributed by atoms with Crippen molar-refractivity contribution in [2.75, 3.05) is 37.7 Å². The van der Waals surface area contributed by atoms with E-state index < -0.39 is 22.0 Å². The van der Waals surface area contributed by atoms with Gasteiger partial charge >= 0.3 is 0 Å². The number of ether oxygens (including phenoxy) is 2. The van der Waals surface area contributed by atoms with Gasteiger partial charge in [-0.05, 0) is 35.9 Å². The molecule has 168 valence electrons. The van der Waals surface area contributed by atoms with E-state index >= 15 is 0 Å². The summed E-state index contributed by atoms with van der Waals surface area (Å²) in [6.45, 7) is 1.41. The van der Waals surface area contributed by atoms with Crippen molar-refractivity contribution >= 4 is 33.6 Å². The summed E-state index contributed by atoms with van der Waals surface area (Å²) in [4.78, 5) is 26.1. The normalized spacial score (nSPS) is 19.4. The number of nitrogens with zero attached hydrogens (tertiary/aromatic N) is 2. The second-order valence-electron chi connectivity index (χ2n) is 7.34. The van der Waals surface area contributed by atoms with Gasteiger partial charge in [-0.25, -0.2) is 8.42 Å². The minimum absolute atomic E-state index is 0.00620. The number of amides is 2. The second-order valence-corrected chi connectivity index (χ2v) is 9.28. The van der Waals surface area contributed by atoms with Crippen LogP contribution in [0.5, 0.6) is 5.75 Å². The van der Waals surface area contributed by atoms with Crippen LogP contribution in [0.2, 0.25) is 0 Å². The molecule has 1 unspecified atom stereocenters. The maximum Gasteiger partial charge on any atom is 0.260 e. The van der Waals surface area contributed by atoms with Crippen LogP contribution in [0.1, 0.15) is 5.56 Å². The first-order chi connectivity index (χ1) is 15.4. The number of hydrogen-bond acceptors (Lipinski definition) is 6. The van der Waals surface area contributed by atoms with Crippen molar-refractivity contribution in [3.8, 4) is 5.75 Å². The molecule has 10 heteroatoms. The number of carbonyl (C=O) groups excluding carboxylic acids is 2. The number of fused-ring (bicyclic) bond motifs is 1. The van der Waals surface area contributed by atoms with E-state index in [9.17, 15) is 18.0 Å². The van der Waals surface area contributed by atoms with Crippen LogP contribution in [0.3, 0.4) is 0 Å². The van der Waals surface area contributed by atoms with E-state index in [2.05, 4.69) is 0 Å². The minimum atomic E-state index is -3.58. The molecule has 0 radical (unpaired) electrons. The van der Waals surface area contributed by atoms with E-state index in [1.807, 2.05) is 0 Å². The Hall–Kier alpha value is -3.21. The minimum Gasteiger partial charge on any atom is -0.477 e. The van der Waals surface area contributed by atoms with Gasteiger partial charge in [0.2, 0.25) is 10.0 Å². The number of anilines is 1. The molecule has 0 saturated carbocycles. The zero-order valence-corrected chi connectivity index (χ0v) is 18.0. The fourth-order valence-electron chi connectivity index (χ4n) is 3.54. The fraction of sp³-hybridized carbons (Fsp3) is 0.273. The van der Waals surface area contributed by atoms with Crippen molar-refractivity contribution in [3.05, 3.63) is 60.2 Å². The molecule has 2 heterocycles. The Morgan fingerprint density at radius 3 is 2.41 bits per heavy atom. The molecule has 2 aliphatic rings. The van der Waals surface area contributed by atoms with Crippen LogP contribution in [0.15, 0.2) is 59.5 Å². The highest BCUT2D eigenvalue weighted by Gasteiger charge is 2.31. The number of hydrogen-bond donors (Lipinski definition) is 1. The van der Waals surface area contributed by atoms with Crippen molar-refractivity contribution in [1.82, 2.24) is 4.31 Å². The Kier molecular flexibility index (Phi) is 6.26. The smallest absolute Gasteiger partial charge is 0.260 e. The van der Waals surface area contributed by atoms with Crippen LogP contribution in [0.25, 0.3) is 6.08 Å². The van der Waals surface area contributed by atoms with Gasteiger partial charge in [-0.2, -0.15) is 4.31 Å². The van der Waals surface area contributed by atoms with Crippen LogP contribution in [0.4, 0.5) is 5.69 Å². The quantitative estimate of drug-likeness (QED) is 0.669. The van der Waals surface area contributed by atoms with Crippen LogP contribution < -0.4 is 15.4 Å². The lowest BCUT2D eigenvalue weighted by Gasteiger charge is -2.32. The van der Waals surface area contributed by atoms with Gasteiger partial charge in [0.15, 0.2) is 6.10 Å². The Labute approximate surface area is 186 Å². The van der Waals surface area contributed by atoms with Gasteiger partial charge in [0.25, 0.3) is 11.8 Å². The summed E-state index contributed by atoms with van der Waals surface area (Å²) in [6.07, 6.45) is 2.02. The van der Waals surface area contributed by atoms with Crippen molar-refractivity contribution in [2.45, 2.75) is 11.0 Å². The largest absolute Gasteiger partial charge is 0.477 e. The van der Waals surface area contributed by atoms with Gasteiger partial charge in [0.1, 0.15) is 5.75 Å². The SMILES string of the molecule is NC(=O)C1CN(C(=O)C=Cc2ccc(S(=O)(=O)N3CCOCC3)cc2)c2ccccc2O1. The molecule has 2 aromatic rings. The summed E-state index contributed by atoms with van der Waals surface area (Å²) >= 11 is 0. The topological polar surface area (TPSA) is 119 Å². The first kappa shape index (κ1) is 22.0. The molecule has 0 aromatic heterocycles. The molecule has 0 spiro atoms. The third-order valence-corrected chi connectivity index (χ3v) is 7.18. The molecule has 1 fully saturated rings. The zero-order chi connectivity index (χ0) is 22.7. The first-order valence-corrected chi connectivity index (χ1v) is 11.5. The van der Waals surface area contributed by atoms with Crippen LogP contribution in [0, 0.1) is 0 Å². The molecule has 1 atom stereocenters. The number of nitrogens with two attached hydrogens (primary N) is 1. The molecule has 2 N–H and O–H groups in total. The van der Waals surface area contributed by atoms with Crippen LogP contribution in [-0.4, -0.2) is 63.5 Å². The van der Waals surface area contributed by atoms with Gasteiger partial charge in [-0.15, -0.1) is 0 Å². The van der Waals surface area contributed by atoms with E-state index in [-0.39, 0.29) is 17.3 Å². The van der Waals surface area contributed by atoms with E-state index in [1.165, 1.54) is 27.4 Å². The second kappa shape index (κ2) is 9.11. The van der Waals surface area contributed by atoms with Gasteiger partial charge in [-0.1, -0.05) is 24.3 Å². The number of benzene rings is 2. The van der Waals surface area contributed by atoms with E-state index in [4.69, 9.17) is 15.2 Å². The Morgan fingerprint density at radius 2 is 1.72 bits per heavy atom. The van der Waals surface area contributed by atoms with Gasteiger partial charge in [-0.3, -0.25) is 9.59 Å². The number of para-hydroxylation sites is 2. The summed E-state index contributed by atoms with van der Waals surface area (Å²) < 4.78 is 37.6. The third kappa shape index (κ3) is 4.52. The lowest BCUT2D eigenvalue weighted by molar-refractivity contribution is -0.125. The summed E-state index contributed by atoms with van der Waals surface area (Å²) in [5.74, 6) is -0.600. The molecular weight excluding hydrogens is 434 g/mol. The molecule has 32 heavy (non-hydrogen) atoms. The van der Waals surface area contributed by atoms with Crippen molar-refractivity contribution < 1.29 is 27.5 Å². The van der Waals surface area contributed by atoms with Gasteiger partial charge in [0.05, 0.1) is 30.3 Å². The number of carbonyl (C=O) groups is 2. The summed E-state index contributed by atoms with van der Waals surface area (Å²) in [5, 5.41) is 0. The molecule has 4 rings (SSSR count). The number of rotatable bonds is 5. The highest BCUT2D eigenvalue weighted by molar-refractivity contribution is 7.89. The van der Waals surface area contributed by atoms with Crippen molar-refractivity contribution in [3.63, 3.8) is 0 Å². The predicted octanol–water partition coefficient (Wildman–Crippen LogP) is 1.00. The highest BCUT2D eigenvalue weighted by atomic mass is 32.2.